The van der Waals surface area contributed by atoms with E-state index in [0.29, 0.717) is 0 Å². The standard InChI is InChI=1S/C10H14FN3/c11-10-5-9(6-13-7-10)8-14-3-1-12-2-4-14/h5-7,12H,1-4,8H2. The van der Waals surface area contributed by atoms with E-state index in [4.69, 9.17) is 0 Å². The van der Waals surface area contributed by atoms with Crippen molar-refractivity contribution in [3.63, 3.8) is 0 Å². The molecule has 0 spiro atoms. The van der Waals surface area contributed by atoms with Gasteiger partial charge in [0.2, 0.25) is 0 Å². The van der Waals surface area contributed by atoms with Crippen LogP contribution in [-0.2, 0) is 6.54 Å². The Bertz CT molecular complexity index is 297. The Labute approximate surface area is 82.9 Å². The molecular formula is C10H14FN3. The third-order valence-corrected chi connectivity index (χ3v) is 2.38. The fourth-order valence-electron chi connectivity index (χ4n) is 1.67. The summed E-state index contributed by atoms with van der Waals surface area (Å²) < 4.78 is 12.8. The highest BCUT2D eigenvalue weighted by Gasteiger charge is 2.09. The lowest BCUT2D eigenvalue weighted by molar-refractivity contribution is 0.232. The Morgan fingerprint density at radius 3 is 2.86 bits per heavy atom. The average molecular weight is 195 g/mol. The third kappa shape index (κ3) is 2.49. The second kappa shape index (κ2) is 4.48. The van der Waals surface area contributed by atoms with Crippen LogP contribution in [0.4, 0.5) is 4.39 Å². The Hall–Kier alpha value is -1.00. The van der Waals surface area contributed by atoms with Crippen LogP contribution < -0.4 is 5.32 Å². The Morgan fingerprint density at radius 2 is 2.14 bits per heavy atom. The van der Waals surface area contributed by atoms with Crippen molar-refractivity contribution >= 4 is 0 Å². The van der Waals surface area contributed by atoms with Crippen LogP contribution in [0.3, 0.4) is 0 Å². The summed E-state index contributed by atoms with van der Waals surface area (Å²) in [6, 6.07) is 1.55. The van der Waals surface area contributed by atoms with Gasteiger partial charge in [0.25, 0.3) is 0 Å². The molecule has 1 aliphatic heterocycles. The Balaban J connectivity index is 1.95. The molecule has 0 aromatic carbocycles. The van der Waals surface area contributed by atoms with Gasteiger partial charge in [-0.3, -0.25) is 9.88 Å². The van der Waals surface area contributed by atoms with Gasteiger partial charge >= 0.3 is 0 Å². The van der Waals surface area contributed by atoms with Gasteiger partial charge < -0.3 is 5.32 Å². The summed E-state index contributed by atoms with van der Waals surface area (Å²) in [5.74, 6) is -0.252. The van der Waals surface area contributed by atoms with Gasteiger partial charge in [0.1, 0.15) is 5.82 Å². The molecule has 1 aliphatic rings. The zero-order valence-electron chi connectivity index (χ0n) is 8.04. The van der Waals surface area contributed by atoms with Gasteiger partial charge in [0.05, 0.1) is 6.20 Å². The van der Waals surface area contributed by atoms with Crippen LogP contribution in [-0.4, -0.2) is 36.1 Å². The van der Waals surface area contributed by atoms with E-state index in [9.17, 15) is 4.39 Å². The Kier molecular flexibility index (Phi) is 3.06. The second-order valence-electron chi connectivity index (χ2n) is 3.54. The monoisotopic (exact) mass is 195 g/mol. The van der Waals surface area contributed by atoms with Crippen molar-refractivity contribution in [2.24, 2.45) is 0 Å². The molecule has 1 fully saturated rings. The summed E-state index contributed by atoms with van der Waals surface area (Å²) in [6.45, 7) is 4.88. The number of hydrogen-bond donors (Lipinski definition) is 1. The summed E-state index contributed by atoms with van der Waals surface area (Å²) >= 11 is 0. The number of rotatable bonds is 2. The lowest BCUT2D eigenvalue weighted by atomic mass is 10.2. The molecular weight excluding hydrogens is 181 g/mol. The number of nitrogens with one attached hydrogen (secondary N) is 1. The molecule has 3 nitrogen and oxygen atoms in total. The molecule has 2 rings (SSSR count). The molecule has 0 amide bonds. The predicted octanol–water partition coefficient (Wildman–Crippen LogP) is 0.626. The maximum absolute atomic E-state index is 12.8. The van der Waals surface area contributed by atoms with E-state index in [-0.39, 0.29) is 5.82 Å². The van der Waals surface area contributed by atoms with Gasteiger partial charge in [-0.25, -0.2) is 4.39 Å². The van der Waals surface area contributed by atoms with Crippen LogP contribution in [0.15, 0.2) is 18.5 Å². The molecule has 2 heterocycles. The van der Waals surface area contributed by atoms with E-state index in [1.165, 1.54) is 6.20 Å². The highest BCUT2D eigenvalue weighted by Crippen LogP contribution is 2.05. The quantitative estimate of drug-likeness (QED) is 0.750. The molecule has 4 heteroatoms. The van der Waals surface area contributed by atoms with Crippen LogP contribution in [0.2, 0.25) is 0 Å². The van der Waals surface area contributed by atoms with Crippen LogP contribution in [0.1, 0.15) is 5.56 Å². The van der Waals surface area contributed by atoms with E-state index in [1.54, 1.807) is 12.3 Å². The van der Waals surface area contributed by atoms with E-state index < -0.39 is 0 Å². The van der Waals surface area contributed by atoms with Crippen molar-refractivity contribution in [3.8, 4) is 0 Å². The maximum Gasteiger partial charge on any atom is 0.141 e. The number of hydrogen-bond acceptors (Lipinski definition) is 3. The van der Waals surface area contributed by atoms with Crippen molar-refractivity contribution in [3.05, 3.63) is 29.8 Å². The number of pyridine rings is 1. The van der Waals surface area contributed by atoms with Crippen molar-refractivity contribution < 1.29 is 4.39 Å². The molecule has 0 unspecified atom stereocenters. The minimum absolute atomic E-state index is 0.252. The summed E-state index contributed by atoms with van der Waals surface area (Å²) in [7, 11) is 0. The van der Waals surface area contributed by atoms with Gasteiger partial charge in [0, 0.05) is 38.9 Å². The summed E-state index contributed by atoms with van der Waals surface area (Å²) in [5, 5.41) is 3.28. The number of nitrogens with zero attached hydrogens (tertiary/aromatic N) is 2. The van der Waals surface area contributed by atoms with Crippen molar-refractivity contribution in [2.45, 2.75) is 6.54 Å². The van der Waals surface area contributed by atoms with E-state index in [1.807, 2.05) is 0 Å². The molecule has 1 aromatic heterocycles. The summed E-state index contributed by atoms with van der Waals surface area (Å²) in [4.78, 5) is 6.13. The van der Waals surface area contributed by atoms with Crippen LogP contribution in [0.25, 0.3) is 0 Å². The lowest BCUT2D eigenvalue weighted by Gasteiger charge is -2.26. The first-order valence-electron chi connectivity index (χ1n) is 4.87. The largest absolute Gasteiger partial charge is 0.314 e. The van der Waals surface area contributed by atoms with E-state index >= 15 is 0 Å². The fraction of sp³-hybridized carbons (Fsp3) is 0.500. The molecule has 0 radical (unpaired) electrons. The van der Waals surface area contributed by atoms with Crippen molar-refractivity contribution in [1.29, 1.82) is 0 Å². The molecule has 14 heavy (non-hydrogen) atoms. The van der Waals surface area contributed by atoms with Crippen molar-refractivity contribution in [2.75, 3.05) is 26.2 Å². The molecule has 0 saturated carbocycles. The van der Waals surface area contributed by atoms with E-state index in [2.05, 4.69) is 15.2 Å². The first-order valence-corrected chi connectivity index (χ1v) is 4.87. The van der Waals surface area contributed by atoms with Gasteiger partial charge in [-0.1, -0.05) is 0 Å². The number of halogens is 1. The third-order valence-electron chi connectivity index (χ3n) is 2.38. The van der Waals surface area contributed by atoms with Gasteiger partial charge in [0.15, 0.2) is 0 Å². The summed E-state index contributed by atoms with van der Waals surface area (Å²) in [6.07, 6.45) is 2.96. The van der Waals surface area contributed by atoms with Crippen LogP contribution in [0.5, 0.6) is 0 Å². The Morgan fingerprint density at radius 1 is 1.36 bits per heavy atom. The van der Waals surface area contributed by atoms with Crippen molar-refractivity contribution in [1.82, 2.24) is 15.2 Å². The maximum atomic E-state index is 12.8. The fourth-order valence-corrected chi connectivity index (χ4v) is 1.67. The number of aromatic nitrogens is 1. The lowest BCUT2D eigenvalue weighted by Crippen LogP contribution is -2.42. The molecule has 0 aliphatic carbocycles. The molecule has 1 aromatic rings. The molecule has 1 N–H and O–H groups in total. The molecule has 76 valence electrons. The molecule has 0 atom stereocenters. The normalized spacial score (nSPS) is 18.4. The highest BCUT2D eigenvalue weighted by atomic mass is 19.1. The SMILES string of the molecule is Fc1cncc(CN2CCNCC2)c1. The van der Waals surface area contributed by atoms with Gasteiger partial charge in [-0.05, 0) is 11.6 Å². The molecule has 0 bridgehead atoms. The minimum Gasteiger partial charge on any atom is -0.314 e. The second-order valence-corrected chi connectivity index (χ2v) is 3.54. The average Bonchev–Trinajstić information content (AvgIpc) is 2.19. The zero-order valence-corrected chi connectivity index (χ0v) is 8.04. The zero-order chi connectivity index (χ0) is 9.80. The molecule has 1 saturated heterocycles. The predicted molar refractivity (Wildman–Crippen MR) is 52.3 cm³/mol. The van der Waals surface area contributed by atoms with Crippen LogP contribution in [0, 0.1) is 5.82 Å². The van der Waals surface area contributed by atoms with Crippen LogP contribution >= 0.6 is 0 Å². The van der Waals surface area contributed by atoms with E-state index in [0.717, 1.165) is 38.3 Å². The smallest absolute Gasteiger partial charge is 0.141 e. The summed E-state index contributed by atoms with van der Waals surface area (Å²) in [5.41, 5.74) is 0.951. The topological polar surface area (TPSA) is 28.2 Å². The van der Waals surface area contributed by atoms with Gasteiger partial charge in [-0.15, -0.1) is 0 Å². The first-order chi connectivity index (χ1) is 6.84. The highest BCUT2D eigenvalue weighted by molar-refractivity contribution is 5.10. The first kappa shape index (κ1) is 9.55. The van der Waals surface area contributed by atoms with Gasteiger partial charge in [-0.2, -0.15) is 0 Å². The minimum atomic E-state index is -0.252. The number of piperazine rings is 1.